The first-order valence-corrected chi connectivity index (χ1v) is 10.2. The first-order valence-electron chi connectivity index (χ1n) is 10.2. The Kier molecular flexibility index (Phi) is 4.30. The number of ketones is 1. The molecule has 2 aliphatic carbocycles. The van der Waals surface area contributed by atoms with Crippen LogP contribution in [0.2, 0.25) is 0 Å². The van der Waals surface area contributed by atoms with Crippen LogP contribution in [-0.2, 0) is 9.59 Å². The van der Waals surface area contributed by atoms with Gasteiger partial charge in [0.1, 0.15) is 5.78 Å². The molecule has 0 unspecified atom stereocenters. The summed E-state index contributed by atoms with van der Waals surface area (Å²) in [5, 5.41) is 3.21. The molecule has 5 atom stereocenters. The molecule has 0 aromatic carbocycles. The third-order valence-corrected chi connectivity index (χ3v) is 7.35. The molecule has 3 fully saturated rings. The van der Waals surface area contributed by atoms with Crippen molar-refractivity contribution in [3.05, 3.63) is 11.3 Å². The van der Waals surface area contributed by atoms with Crippen molar-refractivity contribution in [2.75, 3.05) is 6.54 Å². The molecule has 0 radical (unpaired) electrons. The van der Waals surface area contributed by atoms with E-state index in [1.807, 2.05) is 0 Å². The van der Waals surface area contributed by atoms with Crippen LogP contribution < -0.4 is 5.32 Å². The highest BCUT2D eigenvalue weighted by molar-refractivity contribution is 5.76. The van der Waals surface area contributed by atoms with Gasteiger partial charge in [0, 0.05) is 30.6 Å². The lowest BCUT2D eigenvalue weighted by Gasteiger charge is -2.66. The van der Waals surface area contributed by atoms with Crippen LogP contribution in [0.4, 0.5) is 0 Å². The number of allylic oxidation sites excluding steroid dienone is 1. The van der Waals surface area contributed by atoms with Gasteiger partial charge in [-0.3, -0.25) is 14.5 Å². The number of rotatable bonds is 3. The Bertz CT molecular complexity index is 625. The van der Waals surface area contributed by atoms with Crippen molar-refractivity contribution in [2.45, 2.75) is 83.7 Å². The monoisotopic (exact) mass is 344 g/mol. The van der Waals surface area contributed by atoms with Crippen molar-refractivity contribution in [3.63, 3.8) is 0 Å². The zero-order valence-electron chi connectivity index (χ0n) is 15.9. The normalized spacial score (nSPS) is 40.4. The summed E-state index contributed by atoms with van der Waals surface area (Å²) in [6.07, 6.45) is 8.93. The van der Waals surface area contributed by atoms with Crippen molar-refractivity contribution < 1.29 is 9.59 Å². The SMILES string of the molecule is CC(=O)C[C@H]1CCC2=C(NC(C)=O)C[C@H]3C[C@@H](C)C[C@]24[C@@H]3CCCN14. The molecule has 2 heterocycles. The molecule has 4 heteroatoms. The number of piperidine rings is 2. The van der Waals surface area contributed by atoms with Crippen molar-refractivity contribution in [1.82, 2.24) is 10.2 Å². The molecular formula is C21H32N2O2. The summed E-state index contributed by atoms with van der Waals surface area (Å²) in [5.41, 5.74) is 2.87. The standard InChI is InChI=1S/C21H32N2O2/c1-13-9-16-11-20(22-15(3)25)19-7-6-17(10-14(2)24)23-8-4-5-18(16)21(19,23)12-13/h13,16-18H,4-12H2,1-3H3,(H,22,25)/t13-,16-,17-,18-,21+/m1/s1. The zero-order chi connectivity index (χ0) is 17.8. The third kappa shape index (κ3) is 2.68. The Labute approximate surface area is 151 Å². The quantitative estimate of drug-likeness (QED) is 0.853. The first-order chi connectivity index (χ1) is 11.9. The van der Waals surface area contributed by atoms with Crippen LogP contribution in [0.5, 0.6) is 0 Å². The van der Waals surface area contributed by atoms with Gasteiger partial charge in [-0.1, -0.05) is 6.92 Å². The van der Waals surface area contributed by atoms with Crippen molar-refractivity contribution in [3.8, 4) is 0 Å². The highest BCUT2D eigenvalue weighted by Gasteiger charge is 2.60. The Morgan fingerprint density at radius 3 is 2.80 bits per heavy atom. The molecule has 0 aromatic rings. The lowest BCUT2D eigenvalue weighted by atomic mass is 9.51. The summed E-state index contributed by atoms with van der Waals surface area (Å²) in [7, 11) is 0. The molecule has 1 spiro atoms. The second-order valence-corrected chi connectivity index (χ2v) is 9.11. The second-order valence-electron chi connectivity index (χ2n) is 9.11. The van der Waals surface area contributed by atoms with Gasteiger partial charge in [0.15, 0.2) is 0 Å². The summed E-state index contributed by atoms with van der Waals surface area (Å²) in [6, 6.07) is 0.395. The molecule has 1 saturated carbocycles. The second kappa shape index (κ2) is 6.22. The first kappa shape index (κ1) is 17.3. The van der Waals surface area contributed by atoms with Gasteiger partial charge in [0.2, 0.25) is 5.91 Å². The molecule has 1 amide bonds. The number of amides is 1. The van der Waals surface area contributed by atoms with Gasteiger partial charge < -0.3 is 5.32 Å². The summed E-state index contributed by atoms with van der Waals surface area (Å²) in [4.78, 5) is 26.4. The van der Waals surface area contributed by atoms with Crippen LogP contribution >= 0.6 is 0 Å². The molecule has 4 aliphatic rings. The smallest absolute Gasteiger partial charge is 0.220 e. The highest BCUT2D eigenvalue weighted by Crippen LogP contribution is 2.60. The van der Waals surface area contributed by atoms with Crippen LogP contribution in [0.15, 0.2) is 11.3 Å². The Hall–Kier alpha value is -1.16. The maximum atomic E-state index is 11.9. The minimum Gasteiger partial charge on any atom is -0.330 e. The summed E-state index contributed by atoms with van der Waals surface area (Å²) in [6.45, 7) is 6.89. The molecule has 4 nitrogen and oxygen atoms in total. The van der Waals surface area contributed by atoms with Crippen LogP contribution in [0, 0.1) is 17.8 Å². The third-order valence-electron chi connectivity index (χ3n) is 7.35. The Morgan fingerprint density at radius 2 is 2.08 bits per heavy atom. The average molecular weight is 344 g/mol. The predicted molar refractivity (Wildman–Crippen MR) is 97.8 cm³/mol. The molecule has 25 heavy (non-hydrogen) atoms. The van der Waals surface area contributed by atoms with Gasteiger partial charge in [-0.2, -0.15) is 0 Å². The van der Waals surface area contributed by atoms with E-state index in [1.165, 1.54) is 37.0 Å². The molecule has 0 aromatic heterocycles. The Morgan fingerprint density at radius 1 is 1.28 bits per heavy atom. The summed E-state index contributed by atoms with van der Waals surface area (Å²) < 4.78 is 0. The van der Waals surface area contributed by atoms with Gasteiger partial charge in [0.25, 0.3) is 0 Å². The number of hydrogen-bond donors (Lipinski definition) is 1. The number of nitrogens with one attached hydrogen (secondary N) is 1. The molecular weight excluding hydrogens is 312 g/mol. The van der Waals surface area contributed by atoms with E-state index in [4.69, 9.17) is 0 Å². The number of carbonyl (C=O) groups excluding carboxylic acids is 2. The molecule has 2 saturated heterocycles. The van der Waals surface area contributed by atoms with Crippen molar-refractivity contribution in [2.24, 2.45) is 17.8 Å². The fourth-order valence-corrected chi connectivity index (χ4v) is 6.94. The number of hydrogen-bond acceptors (Lipinski definition) is 3. The van der Waals surface area contributed by atoms with Gasteiger partial charge in [-0.25, -0.2) is 0 Å². The fraction of sp³-hybridized carbons (Fsp3) is 0.810. The fourth-order valence-electron chi connectivity index (χ4n) is 6.94. The molecule has 2 aliphatic heterocycles. The molecule has 2 bridgehead atoms. The largest absolute Gasteiger partial charge is 0.330 e. The van der Waals surface area contributed by atoms with Crippen molar-refractivity contribution >= 4 is 11.7 Å². The van der Waals surface area contributed by atoms with E-state index < -0.39 is 0 Å². The number of Topliss-reactive ketones (excluding diaryl/α,β-unsaturated/α-hetero) is 1. The maximum Gasteiger partial charge on any atom is 0.220 e. The lowest BCUT2D eigenvalue weighted by molar-refractivity contribution is -0.125. The van der Waals surface area contributed by atoms with E-state index in [9.17, 15) is 9.59 Å². The van der Waals surface area contributed by atoms with E-state index in [1.54, 1.807) is 13.8 Å². The zero-order valence-corrected chi connectivity index (χ0v) is 15.9. The van der Waals surface area contributed by atoms with Gasteiger partial charge in [-0.15, -0.1) is 0 Å². The van der Waals surface area contributed by atoms with Gasteiger partial charge in [-0.05, 0) is 81.7 Å². The van der Waals surface area contributed by atoms with E-state index in [0.29, 0.717) is 24.2 Å². The maximum absolute atomic E-state index is 11.9. The van der Waals surface area contributed by atoms with E-state index >= 15 is 0 Å². The number of nitrogens with zero attached hydrogens (tertiary/aromatic N) is 1. The van der Waals surface area contributed by atoms with Crippen molar-refractivity contribution in [1.29, 1.82) is 0 Å². The minimum atomic E-state index is 0.0664. The molecule has 4 rings (SSSR count). The molecule has 1 N–H and O–H groups in total. The number of carbonyl (C=O) groups is 2. The van der Waals surface area contributed by atoms with Crippen LogP contribution in [0.25, 0.3) is 0 Å². The van der Waals surface area contributed by atoms with Crippen LogP contribution in [0.3, 0.4) is 0 Å². The predicted octanol–water partition coefficient (Wildman–Crippen LogP) is 3.42. The topological polar surface area (TPSA) is 49.4 Å². The highest BCUT2D eigenvalue weighted by atomic mass is 16.1. The van der Waals surface area contributed by atoms with Gasteiger partial charge >= 0.3 is 0 Å². The lowest BCUT2D eigenvalue weighted by Crippen LogP contribution is -2.69. The van der Waals surface area contributed by atoms with E-state index in [2.05, 4.69) is 17.1 Å². The average Bonchev–Trinajstić information content (AvgIpc) is 2.50. The summed E-state index contributed by atoms with van der Waals surface area (Å²) >= 11 is 0. The van der Waals surface area contributed by atoms with Crippen LogP contribution in [0.1, 0.15) is 72.1 Å². The van der Waals surface area contributed by atoms with E-state index in [0.717, 1.165) is 37.6 Å². The van der Waals surface area contributed by atoms with Crippen LogP contribution in [-0.4, -0.2) is 34.7 Å². The summed E-state index contributed by atoms with van der Waals surface area (Å²) in [5.74, 6) is 2.52. The van der Waals surface area contributed by atoms with Gasteiger partial charge in [0.05, 0.1) is 0 Å². The Balaban J connectivity index is 1.81. The van der Waals surface area contributed by atoms with E-state index in [-0.39, 0.29) is 11.4 Å². The molecule has 138 valence electrons. The minimum absolute atomic E-state index is 0.0664.